The average molecular weight is 597 g/mol. The molecular formula is C31H29FN8O2S. The summed E-state index contributed by atoms with van der Waals surface area (Å²) in [6.45, 7) is 3.11. The van der Waals surface area contributed by atoms with Gasteiger partial charge >= 0.3 is 0 Å². The van der Waals surface area contributed by atoms with Crippen molar-refractivity contribution in [3.05, 3.63) is 78.0 Å². The lowest BCUT2D eigenvalue weighted by atomic mass is 10.0. The first kappa shape index (κ1) is 27.3. The highest BCUT2D eigenvalue weighted by molar-refractivity contribution is 7.90. The second kappa shape index (κ2) is 10.9. The number of nitrogens with zero attached hydrogens (tertiary/aromatic N) is 6. The number of fused-ring (bicyclic) bond motifs is 2. The standard InChI is InChI=1S/C31H29FN8O2S/c1-43(41,42)11-7-19-12-21(15-23(32)14-19)27-28-25(6-8-34-27)36-31(37-28)30-29-26(38-39-30)5-4-24(35-29)22-13-20(16-33-17-22)18-40-9-2-3-10-40/h4-6,8,12-17H,2-3,7,9-11,18H2,1H3,(H,36,37)(H,38,39). The number of likely N-dealkylation sites (tertiary alicyclic amines) is 1. The molecule has 5 aromatic heterocycles. The maximum Gasteiger partial charge on any atom is 0.161 e. The summed E-state index contributed by atoms with van der Waals surface area (Å²) in [6, 6.07) is 12.3. The van der Waals surface area contributed by atoms with Gasteiger partial charge in [-0.15, -0.1) is 0 Å². The predicted molar refractivity (Wildman–Crippen MR) is 163 cm³/mol. The minimum atomic E-state index is -3.19. The summed E-state index contributed by atoms with van der Waals surface area (Å²) in [4.78, 5) is 24.5. The summed E-state index contributed by atoms with van der Waals surface area (Å²) in [5, 5.41) is 7.57. The van der Waals surface area contributed by atoms with Crippen LogP contribution in [0.15, 0.2) is 61.1 Å². The van der Waals surface area contributed by atoms with E-state index in [9.17, 15) is 12.8 Å². The molecule has 218 valence electrons. The number of halogens is 1. The van der Waals surface area contributed by atoms with Gasteiger partial charge in [0.1, 0.15) is 26.7 Å². The molecular weight excluding hydrogens is 567 g/mol. The first-order valence-corrected chi connectivity index (χ1v) is 16.2. The number of sulfone groups is 1. The van der Waals surface area contributed by atoms with Gasteiger partial charge in [0.2, 0.25) is 0 Å². The molecule has 1 saturated heterocycles. The van der Waals surface area contributed by atoms with Gasteiger partial charge in [0.15, 0.2) is 11.5 Å². The van der Waals surface area contributed by atoms with Crippen molar-refractivity contribution in [2.24, 2.45) is 0 Å². The minimum absolute atomic E-state index is 0.0693. The Balaban J connectivity index is 1.24. The molecule has 10 nitrogen and oxygen atoms in total. The van der Waals surface area contributed by atoms with Crippen LogP contribution in [0, 0.1) is 5.82 Å². The third-order valence-corrected chi connectivity index (χ3v) is 8.67. The Bertz CT molecular complexity index is 2080. The van der Waals surface area contributed by atoms with Crippen LogP contribution in [-0.2, 0) is 22.8 Å². The fourth-order valence-electron chi connectivity index (χ4n) is 5.63. The van der Waals surface area contributed by atoms with E-state index in [4.69, 9.17) is 9.97 Å². The van der Waals surface area contributed by atoms with E-state index in [1.165, 1.54) is 31.2 Å². The lowest BCUT2D eigenvalue weighted by molar-refractivity contribution is 0.331. The molecule has 1 fully saturated rings. The van der Waals surface area contributed by atoms with E-state index in [0.29, 0.717) is 44.9 Å². The van der Waals surface area contributed by atoms with E-state index in [1.807, 2.05) is 24.5 Å². The van der Waals surface area contributed by atoms with Crippen LogP contribution in [0.25, 0.3) is 56.1 Å². The molecule has 0 spiro atoms. The molecule has 1 aliphatic heterocycles. The number of nitrogens with one attached hydrogen (secondary N) is 2. The van der Waals surface area contributed by atoms with Gasteiger partial charge in [-0.05, 0) is 85.9 Å². The van der Waals surface area contributed by atoms with Gasteiger partial charge < -0.3 is 4.98 Å². The van der Waals surface area contributed by atoms with E-state index in [0.717, 1.165) is 42.0 Å². The quantitative estimate of drug-likeness (QED) is 0.252. The molecule has 2 N–H and O–H groups in total. The molecule has 0 unspecified atom stereocenters. The molecule has 7 rings (SSSR count). The number of hydrogen-bond acceptors (Lipinski definition) is 8. The lowest BCUT2D eigenvalue weighted by Gasteiger charge is -2.14. The number of pyridine rings is 3. The van der Waals surface area contributed by atoms with Crippen LogP contribution in [0.3, 0.4) is 0 Å². The van der Waals surface area contributed by atoms with Crippen molar-refractivity contribution < 1.29 is 12.8 Å². The van der Waals surface area contributed by atoms with Crippen molar-refractivity contribution >= 4 is 31.9 Å². The van der Waals surface area contributed by atoms with Gasteiger partial charge in [0, 0.05) is 42.5 Å². The summed E-state index contributed by atoms with van der Waals surface area (Å²) < 4.78 is 37.9. The molecule has 0 radical (unpaired) electrons. The summed E-state index contributed by atoms with van der Waals surface area (Å²) in [5.41, 5.74) is 7.65. The van der Waals surface area contributed by atoms with Crippen molar-refractivity contribution in [2.75, 3.05) is 25.1 Å². The van der Waals surface area contributed by atoms with Crippen molar-refractivity contribution in [3.63, 3.8) is 0 Å². The second-order valence-electron chi connectivity index (χ2n) is 11.1. The van der Waals surface area contributed by atoms with Crippen molar-refractivity contribution in [2.45, 2.75) is 25.8 Å². The van der Waals surface area contributed by atoms with Gasteiger partial charge in [-0.25, -0.2) is 22.8 Å². The van der Waals surface area contributed by atoms with Gasteiger partial charge in [0.25, 0.3) is 0 Å². The van der Waals surface area contributed by atoms with E-state index < -0.39 is 15.7 Å². The van der Waals surface area contributed by atoms with Gasteiger partial charge in [-0.1, -0.05) is 0 Å². The Morgan fingerprint density at radius 1 is 0.907 bits per heavy atom. The Hall–Kier alpha value is -4.55. The SMILES string of the molecule is CS(=O)(=O)CCc1cc(F)cc(-c2nccc3[nH]c(-c4n[nH]c5ccc(-c6cncc(CN7CCCC7)c6)nc45)nc23)c1. The number of aryl methyl sites for hydroxylation is 1. The van der Waals surface area contributed by atoms with Crippen LogP contribution < -0.4 is 0 Å². The maximum atomic E-state index is 14.6. The zero-order valence-electron chi connectivity index (χ0n) is 23.5. The smallest absolute Gasteiger partial charge is 0.161 e. The van der Waals surface area contributed by atoms with Crippen LogP contribution in [0.1, 0.15) is 24.0 Å². The van der Waals surface area contributed by atoms with Crippen molar-refractivity contribution in [1.29, 1.82) is 0 Å². The van der Waals surface area contributed by atoms with Crippen LogP contribution in [0.4, 0.5) is 4.39 Å². The first-order chi connectivity index (χ1) is 20.8. The summed E-state index contributed by atoms with van der Waals surface area (Å²) >= 11 is 0. The van der Waals surface area contributed by atoms with Gasteiger partial charge in [-0.2, -0.15) is 5.10 Å². The van der Waals surface area contributed by atoms with Crippen LogP contribution in [-0.4, -0.2) is 73.5 Å². The molecule has 43 heavy (non-hydrogen) atoms. The third-order valence-electron chi connectivity index (χ3n) is 7.72. The predicted octanol–water partition coefficient (Wildman–Crippen LogP) is 4.95. The molecule has 6 aromatic rings. The van der Waals surface area contributed by atoms with E-state index in [2.05, 4.69) is 36.1 Å². The van der Waals surface area contributed by atoms with E-state index in [1.54, 1.807) is 18.3 Å². The zero-order valence-corrected chi connectivity index (χ0v) is 24.3. The fourth-order valence-corrected chi connectivity index (χ4v) is 6.24. The number of imidazole rings is 1. The number of H-pyrrole nitrogens is 2. The third kappa shape index (κ3) is 5.75. The molecule has 0 bridgehead atoms. The number of aromatic nitrogens is 7. The molecule has 1 aliphatic rings. The Kier molecular flexibility index (Phi) is 6.94. The molecule has 12 heteroatoms. The molecule has 0 amide bonds. The molecule has 1 aromatic carbocycles. The second-order valence-corrected chi connectivity index (χ2v) is 13.4. The first-order valence-electron chi connectivity index (χ1n) is 14.1. The highest BCUT2D eigenvalue weighted by Crippen LogP contribution is 2.31. The Morgan fingerprint density at radius 3 is 2.56 bits per heavy atom. The maximum absolute atomic E-state index is 14.6. The van der Waals surface area contributed by atoms with Crippen molar-refractivity contribution in [1.82, 2.24) is 40.0 Å². The monoisotopic (exact) mass is 596 g/mol. The number of benzene rings is 1. The normalized spacial score (nSPS) is 14.3. The van der Waals surface area contributed by atoms with Crippen molar-refractivity contribution in [3.8, 4) is 34.0 Å². The van der Waals surface area contributed by atoms with E-state index in [-0.39, 0.29) is 12.2 Å². The van der Waals surface area contributed by atoms with Crippen LogP contribution in [0.5, 0.6) is 0 Å². The highest BCUT2D eigenvalue weighted by atomic mass is 32.2. The number of aromatic amines is 2. The number of hydrogen-bond donors (Lipinski definition) is 2. The van der Waals surface area contributed by atoms with E-state index >= 15 is 0 Å². The van der Waals surface area contributed by atoms with Gasteiger partial charge in [-0.3, -0.25) is 20.0 Å². The molecule has 0 saturated carbocycles. The van der Waals surface area contributed by atoms with Crippen LogP contribution in [0.2, 0.25) is 0 Å². The molecule has 0 aliphatic carbocycles. The summed E-state index contributed by atoms with van der Waals surface area (Å²) in [6.07, 6.45) is 9.21. The Morgan fingerprint density at radius 2 is 1.72 bits per heavy atom. The van der Waals surface area contributed by atoms with Crippen LogP contribution >= 0.6 is 0 Å². The summed E-state index contributed by atoms with van der Waals surface area (Å²) in [7, 11) is -3.19. The zero-order chi connectivity index (χ0) is 29.6. The Labute approximate surface area is 247 Å². The average Bonchev–Trinajstić information content (AvgIpc) is 3.75. The van der Waals surface area contributed by atoms with Gasteiger partial charge in [0.05, 0.1) is 28.2 Å². The minimum Gasteiger partial charge on any atom is -0.336 e. The molecule has 6 heterocycles. The highest BCUT2D eigenvalue weighted by Gasteiger charge is 2.19. The fraction of sp³-hybridized carbons (Fsp3) is 0.258. The topological polar surface area (TPSA) is 133 Å². The lowest BCUT2D eigenvalue weighted by Crippen LogP contribution is -2.18. The summed E-state index contributed by atoms with van der Waals surface area (Å²) in [5.74, 6) is -0.0422. The molecule has 0 atom stereocenters. The number of rotatable bonds is 8. The largest absolute Gasteiger partial charge is 0.336 e.